The van der Waals surface area contributed by atoms with E-state index in [1.807, 2.05) is 0 Å². The van der Waals surface area contributed by atoms with E-state index in [4.69, 9.17) is 15.4 Å². The summed E-state index contributed by atoms with van der Waals surface area (Å²) >= 11 is 0. The van der Waals surface area contributed by atoms with Crippen molar-refractivity contribution in [2.45, 2.75) is 25.4 Å². The quantitative estimate of drug-likeness (QED) is 0.528. The molecule has 2 heterocycles. The van der Waals surface area contributed by atoms with Crippen LogP contribution in [0.4, 0.5) is 0 Å². The molecule has 2 aliphatic heterocycles. The first-order chi connectivity index (χ1) is 8.12. The first kappa shape index (κ1) is 14.1. The van der Waals surface area contributed by atoms with Gasteiger partial charge in [0.05, 0.1) is 17.9 Å². The lowest BCUT2D eigenvalue weighted by Gasteiger charge is -2.35. The number of carbonyl (C=O) groups is 1. The molecule has 0 saturated carbocycles. The SMILES string of the molecule is O=C1CC2(CCCS(=O)(=O)C2)C(CS(=O)(=O)Cl)O1. The lowest BCUT2D eigenvalue weighted by Crippen LogP contribution is -2.44. The number of hydrogen-bond donors (Lipinski definition) is 0. The maximum absolute atomic E-state index is 11.7. The minimum Gasteiger partial charge on any atom is -0.461 e. The molecule has 0 amide bonds. The normalized spacial score (nSPS) is 35.6. The Morgan fingerprint density at radius 2 is 2.11 bits per heavy atom. The minimum atomic E-state index is -3.84. The molecule has 2 rings (SSSR count). The fourth-order valence-electron chi connectivity index (χ4n) is 2.74. The van der Waals surface area contributed by atoms with Gasteiger partial charge in [-0.3, -0.25) is 4.79 Å². The Morgan fingerprint density at radius 3 is 2.67 bits per heavy atom. The summed E-state index contributed by atoms with van der Waals surface area (Å²) in [5.41, 5.74) is -0.921. The maximum Gasteiger partial charge on any atom is 0.306 e. The number of carbonyl (C=O) groups excluding carboxylic acids is 1. The molecule has 0 radical (unpaired) electrons. The van der Waals surface area contributed by atoms with Gasteiger partial charge in [0.15, 0.2) is 9.84 Å². The molecule has 0 aromatic heterocycles. The highest BCUT2D eigenvalue weighted by atomic mass is 35.7. The first-order valence-corrected chi connectivity index (χ1v) is 9.74. The van der Waals surface area contributed by atoms with Crippen molar-refractivity contribution in [3.8, 4) is 0 Å². The predicted molar refractivity (Wildman–Crippen MR) is 64.5 cm³/mol. The second-order valence-corrected chi connectivity index (χ2v) is 9.92. The van der Waals surface area contributed by atoms with E-state index in [9.17, 15) is 21.6 Å². The molecule has 9 heteroatoms. The molecule has 2 atom stereocenters. The van der Waals surface area contributed by atoms with Crippen molar-refractivity contribution in [2.75, 3.05) is 17.3 Å². The summed E-state index contributed by atoms with van der Waals surface area (Å²) in [6.07, 6.45) is -0.126. The molecule has 18 heavy (non-hydrogen) atoms. The molecule has 2 fully saturated rings. The zero-order chi connectivity index (χ0) is 13.6. The molecule has 6 nitrogen and oxygen atoms in total. The predicted octanol–water partition coefficient (Wildman–Crippen LogP) is 0.0655. The van der Waals surface area contributed by atoms with Crippen molar-refractivity contribution in [2.24, 2.45) is 5.41 Å². The monoisotopic (exact) mass is 316 g/mol. The van der Waals surface area contributed by atoms with Gasteiger partial charge in [-0.15, -0.1) is 0 Å². The van der Waals surface area contributed by atoms with Crippen LogP contribution in [0.15, 0.2) is 0 Å². The van der Waals surface area contributed by atoms with Crippen molar-refractivity contribution in [1.82, 2.24) is 0 Å². The van der Waals surface area contributed by atoms with E-state index in [-0.39, 0.29) is 17.9 Å². The van der Waals surface area contributed by atoms with E-state index in [2.05, 4.69) is 0 Å². The van der Waals surface area contributed by atoms with Gasteiger partial charge >= 0.3 is 5.97 Å². The number of rotatable bonds is 2. The lowest BCUT2D eigenvalue weighted by molar-refractivity contribution is -0.140. The topological polar surface area (TPSA) is 94.6 Å². The first-order valence-electron chi connectivity index (χ1n) is 5.44. The summed E-state index contributed by atoms with van der Waals surface area (Å²) in [6, 6.07) is 0. The van der Waals surface area contributed by atoms with Gasteiger partial charge in [-0.2, -0.15) is 0 Å². The van der Waals surface area contributed by atoms with Crippen LogP contribution < -0.4 is 0 Å². The lowest BCUT2D eigenvalue weighted by atomic mass is 9.79. The van der Waals surface area contributed by atoms with Crippen molar-refractivity contribution >= 4 is 35.5 Å². The summed E-state index contributed by atoms with van der Waals surface area (Å²) in [4.78, 5) is 11.4. The average Bonchev–Trinajstić information content (AvgIpc) is 2.36. The standard InChI is InChI=1S/C9H13ClO6S2/c10-18(14,15)5-7-9(4-8(11)16-7)2-1-3-17(12,13)6-9/h7H,1-6H2. The summed E-state index contributed by atoms with van der Waals surface area (Å²) in [5, 5.41) is 0. The van der Waals surface area contributed by atoms with Crippen molar-refractivity contribution in [1.29, 1.82) is 0 Å². The molecular weight excluding hydrogens is 304 g/mol. The molecule has 0 aromatic rings. The molecule has 2 saturated heterocycles. The van der Waals surface area contributed by atoms with Gasteiger partial charge in [0.25, 0.3) is 0 Å². The Hall–Kier alpha value is -0.340. The highest BCUT2D eigenvalue weighted by Gasteiger charge is 2.53. The fourth-order valence-corrected chi connectivity index (χ4v) is 5.90. The maximum atomic E-state index is 11.7. The number of sulfone groups is 1. The molecule has 1 spiro atoms. The average molecular weight is 317 g/mol. The summed E-state index contributed by atoms with van der Waals surface area (Å²) < 4.78 is 50.5. The molecule has 2 unspecified atom stereocenters. The molecule has 0 aliphatic carbocycles. The van der Waals surface area contributed by atoms with Crippen LogP contribution in [-0.2, 0) is 28.4 Å². The number of esters is 1. The number of halogens is 1. The van der Waals surface area contributed by atoms with E-state index in [0.29, 0.717) is 12.8 Å². The van der Waals surface area contributed by atoms with Crippen LogP contribution in [0.3, 0.4) is 0 Å². The molecule has 0 bridgehead atoms. The second-order valence-electron chi connectivity index (χ2n) is 4.92. The Balaban J connectivity index is 2.31. The van der Waals surface area contributed by atoms with E-state index < -0.39 is 42.1 Å². The highest BCUT2D eigenvalue weighted by Crippen LogP contribution is 2.44. The molecular formula is C9H13ClO6S2. The fraction of sp³-hybridized carbons (Fsp3) is 0.889. The van der Waals surface area contributed by atoms with Gasteiger partial charge in [0.1, 0.15) is 11.9 Å². The third kappa shape index (κ3) is 2.97. The number of hydrogen-bond acceptors (Lipinski definition) is 6. The molecule has 104 valence electrons. The van der Waals surface area contributed by atoms with Crippen molar-refractivity contribution in [3.63, 3.8) is 0 Å². The Kier molecular flexibility index (Phi) is 3.40. The Bertz CT molecular complexity index is 566. The number of ether oxygens (including phenoxy) is 1. The summed E-state index contributed by atoms with van der Waals surface area (Å²) in [7, 11) is -1.93. The van der Waals surface area contributed by atoms with Gasteiger partial charge in [-0.05, 0) is 12.8 Å². The van der Waals surface area contributed by atoms with Crippen LogP contribution in [0, 0.1) is 5.41 Å². The van der Waals surface area contributed by atoms with Crippen LogP contribution in [0.1, 0.15) is 19.3 Å². The van der Waals surface area contributed by atoms with Crippen LogP contribution in [0.5, 0.6) is 0 Å². The van der Waals surface area contributed by atoms with Gasteiger partial charge in [0.2, 0.25) is 9.05 Å². The smallest absolute Gasteiger partial charge is 0.306 e. The summed E-state index contributed by atoms with van der Waals surface area (Å²) in [6.45, 7) is 0. The highest BCUT2D eigenvalue weighted by molar-refractivity contribution is 8.13. The largest absolute Gasteiger partial charge is 0.461 e. The van der Waals surface area contributed by atoms with Crippen LogP contribution >= 0.6 is 10.7 Å². The molecule has 0 aromatic carbocycles. The van der Waals surface area contributed by atoms with Gasteiger partial charge in [0, 0.05) is 16.1 Å². The third-order valence-corrected chi connectivity index (χ3v) is 6.45. The Labute approximate surface area is 110 Å². The molecule has 2 aliphatic rings. The third-order valence-electron chi connectivity index (χ3n) is 3.44. The van der Waals surface area contributed by atoms with Crippen LogP contribution in [0.2, 0.25) is 0 Å². The van der Waals surface area contributed by atoms with E-state index in [1.165, 1.54) is 0 Å². The van der Waals surface area contributed by atoms with E-state index in [0.717, 1.165) is 0 Å². The van der Waals surface area contributed by atoms with Crippen molar-refractivity contribution < 1.29 is 26.4 Å². The van der Waals surface area contributed by atoms with Crippen LogP contribution in [0.25, 0.3) is 0 Å². The summed E-state index contributed by atoms with van der Waals surface area (Å²) in [5.74, 6) is -1.22. The zero-order valence-electron chi connectivity index (χ0n) is 9.46. The van der Waals surface area contributed by atoms with E-state index >= 15 is 0 Å². The van der Waals surface area contributed by atoms with Gasteiger partial charge in [-0.1, -0.05) is 0 Å². The minimum absolute atomic E-state index is 0.0523. The number of cyclic esters (lactones) is 1. The van der Waals surface area contributed by atoms with Gasteiger partial charge < -0.3 is 4.74 Å². The van der Waals surface area contributed by atoms with Crippen molar-refractivity contribution in [3.05, 3.63) is 0 Å². The van der Waals surface area contributed by atoms with Crippen LogP contribution in [-0.4, -0.2) is 46.2 Å². The van der Waals surface area contributed by atoms with Gasteiger partial charge in [-0.25, -0.2) is 16.8 Å². The zero-order valence-corrected chi connectivity index (χ0v) is 11.9. The molecule has 0 N–H and O–H groups in total. The second kappa shape index (κ2) is 4.35. The Morgan fingerprint density at radius 1 is 1.44 bits per heavy atom. The van der Waals surface area contributed by atoms with E-state index in [1.54, 1.807) is 0 Å².